The van der Waals surface area contributed by atoms with Gasteiger partial charge < -0.3 is 10.3 Å². The van der Waals surface area contributed by atoms with E-state index in [4.69, 9.17) is 15.2 Å². The molecule has 132 valence electrons. The van der Waals surface area contributed by atoms with Crippen LogP contribution in [0.25, 0.3) is 10.2 Å². The van der Waals surface area contributed by atoms with Crippen molar-refractivity contribution in [3.63, 3.8) is 0 Å². The summed E-state index contributed by atoms with van der Waals surface area (Å²) >= 11 is 3.26. The molecule has 1 aliphatic rings. The molecule has 0 aromatic carbocycles. The van der Waals surface area contributed by atoms with E-state index in [0.717, 1.165) is 48.1 Å². The van der Waals surface area contributed by atoms with E-state index in [0.29, 0.717) is 22.6 Å². The molecule has 2 N–H and O–H groups in total. The Hall–Kier alpha value is -1.67. The highest BCUT2D eigenvalue weighted by Crippen LogP contribution is 2.38. The second-order valence-electron chi connectivity index (χ2n) is 6.28. The van der Waals surface area contributed by atoms with Gasteiger partial charge in [-0.2, -0.15) is 4.98 Å². The maximum absolute atomic E-state index is 6.24. The van der Waals surface area contributed by atoms with Crippen LogP contribution < -0.4 is 5.73 Å². The van der Waals surface area contributed by atoms with E-state index in [-0.39, 0.29) is 0 Å². The molecular weight excluding hydrogens is 354 g/mol. The molecule has 3 aromatic heterocycles. The SMILES string of the molecule is CCCCc1noc(CSc2nc(N)c3c4c(sc3n2)CCCC4)n1. The Morgan fingerprint density at radius 1 is 1.20 bits per heavy atom. The minimum Gasteiger partial charge on any atom is -0.383 e. The number of aryl methyl sites for hydroxylation is 3. The fraction of sp³-hybridized carbons (Fsp3) is 0.529. The number of nitrogens with two attached hydrogens (primary N) is 1. The number of fused-ring (bicyclic) bond motifs is 3. The molecular formula is C17H21N5OS2. The largest absolute Gasteiger partial charge is 0.383 e. The van der Waals surface area contributed by atoms with Crippen LogP contribution in [0.1, 0.15) is 54.8 Å². The third-order valence-electron chi connectivity index (χ3n) is 4.41. The zero-order chi connectivity index (χ0) is 17.2. The van der Waals surface area contributed by atoms with Crippen LogP contribution in [0, 0.1) is 0 Å². The Balaban J connectivity index is 1.51. The fourth-order valence-electron chi connectivity index (χ4n) is 3.14. The van der Waals surface area contributed by atoms with Gasteiger partial charge >= 0.3 is 0 Å². The standard InChI is InChI=1S/C17H21N5OS2/c1-2-3-8-12-19-13(23-22-12)9-24-17-20-15(18)14-10-6-4-5-7-11(10)25-16(14)21-17/h2-9H2,1H3,(H2,18,20,21). The Morgan fingerprint density at radius 3 is 2.96 bits per heavy atom. The Bertz CT molecular complexity index is 889. The van der Waals surface area contributed by atoms with E-state index < -0.39 is 0 Å². The lowest BCUT2D eigenvalue weighted by molar-refractivity contribution is 0.384. The molecule has 4 rings (SSSR count). The van der Waals surface area contributed by atoms with E-state index in [9.17, 15) is 0 Å². The first kappa shape index (κ1) is 16.8. The molecule has 0 spiro atoms. The van der Waals surface area contributed by atoms with Crippen molar-refractivity contribution in [3.05, 3.63) is 22.2 Å². The van der Waals surface area contributed by atoms with Crippen LogP contribution in [-0.4, -0.2) is 20.1 Å². The smallest absolute Gasteiger partial charge is 0.237 e. The number of unbranched alkanes of at least 4 members (excludes halogenated alkanes) is 1. The summed E-state index contributed by atoms with van der Waals surface area (Å²) in [4.78, 5) is 16.1. The van der Waals surface area contributed by atoms with Gasteiger partial charge in [0.1, 0.15) is 10.6 Å². The van der Waals surface area contributed by atoms with Crippen molar-refractivity contribution in [1.82, 2.24) is 20.1 Å². The molecule has 1 aliphatic carbocycles. The molecule has 8 heteroatoms. The first-order valence-corrected chi connectivity index (χ1v) is 10.6. The highest BCUT2D eigenvalue weighted by Gasteiger charge is 2.20. The molecule has 0 aliphatic heterocycles. The van der Waals surface area contributed by atoms with Crippen molar-refractivity contribution in [2.45, 2.75) is 62.8 Å². The van der Waals surface area contributed by atoms with E-state index >= 15 is 0 Å². The average molecular weight is 376 g/mol. The summed E-state index contributed by atoms with van der Waals surface area (Å²) in [5, 5.41) is 5.77. The van der Waals surface area contributed by atoms with Gasteiger partial charge in [0.15, 0.2) is 11.0 Å². The molecule has 0 bridgehead atoms. The lowest BCUT2D eigenvalue weighted by Crippen LogP contribution is -2.01. The van der Waals surface area contributed by atoms with Crippen molar-refractivity contribution in [2.75, 3.05) is 5.73 Å². The third-order valence-corrected chi connectivity index (χ3v) is 6.43. The third kappa shape index (κ3) is 3.50. The number of aromatic nitrogens is 4. The van der Waals surface area contributed by atoms with Gasteiger partial charge in [0, 0.05) is 11.3 Å². The van der Waals surface area contributed by atoms with Gasteiger partial charge in [-0.25, -0.2) is 9.97 Å². The average Bonchev–Trinajstić information content (AvgIpc) is 3.22. The number of rotatable bonds is 6. The Morgan fingerprint density at radius 2 is 2.08 bits per heavy atom. The van der Waals surface area contributed by atoms with E-state index in [1.807, 2.05) is 0 Å². The van der Waals surface area contributed by atoms with E-state index in [1.165, 1.54) is 35.0 Å². The van der Waals surface area contributed by atoms with Crippen LogP contribution in [0.3, 0.4) is 0 Å². The lowest BCUT2D eigenvalue weighted by atomic mass is 9.97. The van der Waals surface area contributed by atoms with Gasteiger partial charge in [-0.05, 0) is 37.7 Å². The Labute approximate surface area is 154 Å². The summed E-state index contributed by atoms with van der Waals surface area (Å²) in [6, 6.07) is 0. The van der Waals surface area contributed by atoms with Crippen molar-refractivity contribution in [2.24, 2.45) is 0 Å². The predicted octanol–water partition coefficient (Wildman–Crippen LogP) is 4.17. The first-order chi connectivity index (χ1) is 12.2. The number of thioether (sulfide) groups is 1. The highest BCUT2D eigenvalue weighted by molar-refractivity contribution is 7.98. The van der Waals surface area contributed by atoms with Crippen LogP contribution in [-0.2, 0) is 25.0 Å². The van der Waals surface area contributed by atoms with Gasteiger partial charge in [-0.1, -0.05) is 30.3 Å². The van der Waals surface area contributed by atoms with Crippen LogP contribution in [0.4, 0.5) is 5.82 Å². The molecule has 0 radical (unpaired) electrons. The van der Waals surface area contributed by atoms with Crippen LogP contribution in [0.15, 0.2) is 9.68 Å². The monoisotopic (exact) mass is 375 g/mol. The van der Waals surface area contributed by atoms with Gasteiger partial charge in [0.25, 0.3) is 0 Å². The number of thiophene rings is 1. The summed E-state index contributed by atoms with van der Waals surface area (Å²) in [6.45, 7) is 2.15. The second-order valence-corrected chi connectivity index (χ2v) is 8.31. The van der Waals surface area contributed by atoms with Gasteiger partial charge in [-0.15, -0.1) is 11.3 Å². The quantitative estimate of drug-likeness (QED) is 0.510. The molecule has 3 heterocycles. The molecule has 0 saturated heterocycles. The zero-order valence-corrected chi connectivity index (χ0v) is 15.9. The van der Waals surface area contributed by atoms with Crippen molar-refractivity contribution in [3.8, 4) is 0 Å². The topological polar surface area (TPSA) is 90.7 Å². The number of nitrogens with zero attached hydrogens (tertiary/aromatic N) is 4. The molecule has 25 heavy (non-hydrogen) atoms. The summed E-state index contributed by atoms with van der Waals surface area (Å²) in [6.07, 6.45) is 7.78. The minimum atomic E-state index is 0.565. The van der Waals surface area contributed by atoms with Crippen molar-refractivity contribution >= 4 is 39.1 Å². The summed E-state index contributed by atoms with van der Waals surface area (Å²) in [7, 11) is 0. The first-order valence-electron chi connectivity index (χ1n) is 8.76. The fourth-order valence-corrected chi connectivity index (χ4v) is 5.16. The molecule has 0 amide bonds. The van der Waals surface area contributed by atoms with Gasteiger partial charge in [-0.3, -0.25) is 0 Å². The summed E-state index contributed by atoms with van der Waals surface area (Å²) in [5.74, 6) is 2.55. The Kier molecular flexibility index (Phi) is 4.89. The molecule has 0 saturated carbocycles. The van der Waals surface area contributed by atoms with E-state index in [2.05, 4.69) is 22.0 Å². The molecule has 0 unspecified atom stereocenters. The summed E-state index contributed by atoms with van der Waals surface area (Å²) in [5.41, 5.74) is 7.62. The second kappa shape index (κ2) is 7.29. The molecule has 0 fully saturated rings. The summed E-state index contributed by atoms with van der Waals surface area (Å²) < 4.78 is 5.30. The predicted molar refractivity (Wildman–Crippen MR) is 101 cm³/mol. The number of hydrogen-bond acceptors (Lipinski definition) is 8. The van der Waals surface area contributed by atoms with Crippen molar-refractivity contribution < 1.29 is 4.52 Å². The molecule has 3 aromatic rings. The maximum Gasteiger partial charge on any atom is 0.237 e. The molecule has 6 nitrogen and oxygen atoms in total. The van der Waals surface area contributed by atoms with Gasteiger partial charge in [0.05, 0.1) is 11.1 Å². The maximum atomic E-state index is 6.24. The van der Waals surface area contributed by atoms with Crippen LogP contribution in [0.5, 0.6) is 0 Å². The normalized spacial score (nSPS) is 14.1. The number of nitrogen functional groups attached to an aromatic ring is 1. The zero-order valence-electron chi connectivity index (χ0n) is 14.2. The number of anilines is 1. The minimum absolute atomic E-state index is 0.565. The highest BCUT2D eigenvalue weighted by atomic mass is 32.2. The van der Waals surface area contributed by atoms with Gasteiger partial charge in [0.2, 0.25) is 5.89 Å². The van der Waals surface area contributed by atoms with Crippen LogP contribution in [0.2, 0.25) is 0 Å². The van der Waals surface area contributed by atoms with Crippen molar-refractivity contribution in [1.29, 1.82) is 0 Å². The number of hydrogen-bond donors (Lipinski definition) is 1. The van der Waals surface area contributed by atoms with Crippen LogP contribution >= 0.6 is 23.1 Å². The molecule has 0 atom stereocenters. The van der Waals surface area contributed by atoms with E-state index in [1.54, 1.807) is 11.3 Å². The lowest BCUT2D eigenvalue weighted by Gasteiger charge is -2.10.